The van der Waals surface area contributed by atoms with Crippen LogP contribution < -0.4 is 4.74 Å². The van der Waals surface area contributed by atoms with Crippen LogP contribution in [0.15, 0.2) is 51.6 Å². The number of hydrogen-bond donors (Lipinski definition) is 0. The van der Waals surface area contributed by atoms with E-state index in [4.69, 9.17) is 13.7 Å². The van der Waals surface area contributed by atoms with Crippen molar-refractivity contribution in [3.63, 3.8) is 0 Å². The summed E-state index contributed by atoms with van der Waals surface area (Å²) in [6.07, 6.45) is 3.57. The molecule has 1 aliphatic heterocycles. The Hall–Kier alpha value is -3.09. The minimum atomic E-state index is 0.0956. The number of carbonyl (C=O) groups excluding carboxylic acids is 1. The summed E-state index contributed by atoms with van der Waals surface area (Å²) in [5.74, 6) is 2.61. The summed E-state index contributed by atoms with van der Waals surface area (Å²) in [4.78, 5) is 18.9. The highest BCUT2D eigenvalue weighted by Gasteiger charge is 2.30. The van der Waals surface area contributed by atoms with E-state index in [0.717, 1.165) is 17.7 Å². The molecule has 0 saturated carbocycles. The van der Waals surface area contributed by atoms with Crippen LogP contribution in [0.2, 0.25) is 0 Å². The Balaban J connectivity index is 1.33. The Morgan fingerprint density at radius 2 is 2.26 bits per heavy atom. The van der Waals surface area contributed by atoms with E-state index < -0.39 is 0 Å². The first-order valence-electron chi connectivity index (χ1n) is 9.01. The monoisotopic (exact) mass is 367 g/mol. The number of ether oxygens (including phenoxy) is 1. The van der Waals surface area contributed by atoms with E-state index in [-0.39, 0.29) is 11.8 Å². The van der Waals surface area contributed by atoms with Gasteiger partial charge >= 0.3 is 0 Å². The summed E-state index contributed by atoms with van der Waals surface area (Å²) < 4.78 is 15.8. The Labute approximate surface area is 156 Å². The average Bonchev–Trinajstić information content (AvgIpc) is 3.46. The summed E-state index contributed by atoms with van der Waals surface area (Å²) in [7, 11) is 1.64. The highest BCUT2D eigenvalue weighted by atomic mass is 16.5. The molecule has 0 N–H and O–H groups in total. The number of carbonyl (C=O) groups is 1. The Morgan fingerprint density at radius 3 is 3.07 bits per heavy atom. The van der Waals surface area contributed by atoms with E-state index in [1.807, 2.05) is 29.2 Å². The van der Waals surface area contributed by atoms with Gasteiger partial charge in [0.05, 0.1) is 13.4 Å². The van der Waals surface area contributed by atoms with Crippen molar-refractivity contribution in [3.05, 3.63) is 54.0 Å². The minimum absolute atomic E-state index is 0.0956. The molecule has 7 heteroatoms. The molecule has 1 atom stereocenters. The van der Waals surface area contributed by atoms with Crippen LogP contribution in [0.1, 0.15) is 30.1 Å². The molecule has 1 fully saturated rings. The zero-order chi connectivity index (χ0) is 18.6. The largest absolute Gasteiger partial charge is 0.497 e. The van der Waals surface area contributed by atoms with Crippen LogP contribution >= 0.6 is 0 Å². The number of amides is 1. The number of benzene rings is 1. The number of nitrogens with zero attached hydrogens (tertiary/aromatic N) is 3. The Bertz CT molecular complexity index is 904. The van der Waals surface area contributed by atoms with Crippen LogP contribution in [0.5, 0.6) is 5.75 Å². The van der Waals surface area contributed by atoms with E-state index in [2.05, 4.69) is 10.1 Å². The first-order chi connectivity index (χ1) is 13.2. The second-order valence-electron chi connectivity index (χ2n) is 6.61. The number of aromatic nitrogens is 2. The lowest BCUT2D eigenvalue weighted by atomic mass is 10.1. The Kier molecular flexibility index (Phi) is 4.91. The molecule has 0 spiro atoms. The maximum atomic E-state index is 12.6. The van der Waals surface area contributed by atoms with Crippen molar-refractivity contribution in [2.75, 3.05) is 20.2 Å². The van der Waals surface area contributed by atoms with Crippen LogP contribution in [0.4, 0.5) is 0 Å². The molecule has 1 aromatic carbocycles. The lowest BCUT2D eigenvalue weighted by molar-refractivity contribution is -0.130. The molecule has 0 bridgehead atoms. The van der Waals surface area contributed by atoms with Gasteiger partial charge in [-0.1, -0.05) is 17.3 Å². The van der Waals surface area contributed by atoms with E-state index in [0.29, 0.717) is 43.4 Å². The van der Waals surface area contributed by atoms with Crippen molar-refractivity contribution in [1.29, 1.82) is 0 Å². The van der Waals surface area contributed by atoms with Crippen molar-refractivity contribution in [1.82, 2.24) is 15.0 Å². The standard InChI is InChI=1S/C20H21N3O4/c1-25-16-5-2-4-14(12-16)7-8-18(24)23-10-9-15(13-23)19-21-20(27-22-19)17-6-3-11-26-17/h2-6,11-12,15H,7-10,13H2,1H3/t15-/m0/s1. The molecule has 140 valence electrons. The summed E-state index contributed by atoms with van der Waals surface area (Å²) >= 11 is 0. The molecule has 0 aliphatic carbocycles. The first kappa shape index (κ1) is 17.3. The Morgan fingerprint density at radius 1 is 1.33 bits per heavy atom. The highest BCUT2D eigenvalue weighted by Crippen LogP contribution is 2.28. The van der Waals surface area contributed by atoms with Crippen LogP contribution in [-0.4, -0.2) is 41.1 Å². The van der Waals surface area contributed by atoms with Gasteiger partial charge in [-0.05, 0) is 42.7 Å². The summed E-state index contributed by atoms with van der Waals surface area (Å²) in [6.45, 7) is 1.33. The molecule has 0 radical (unpaired) electrons. The highest BCUT2D eigenvalue weighted by molar-refractivity contribution is 5.76. The second-order valence-corrected chi connectivity index (χ2v) is 6.61. The van der Waals surface area contributed by atoms with Gasteiger partial charge in [0.1, 0.15) is 5.75 Å². The molecule has 3 heterocycles. The topological polar surface area (TPSA) is 81.6 Å². The zero-order valence-electron chi connectivity index (χ0n) is 15.1. The van der Waals surface area contributed by atoms with Crippen molar-refractivity contribution < 1.29 is 18.5 Å². The zero-order valence-corrected chi connectivity index (χ0v) is 15.1. The smallest absolute Gasteiger partial charge is 0.293 e. The summed E-state index contributed by atoms with van der Waals surface area (Å²) in [5, 5.41) is 4.06. The van der Waals surface area contributed by atoms with Crippen molar-refractivity contribution >= 4 is 5.91 Å². The van der Waals surface area contributed by atoms with Crippen LogP contribution in [0.3, 0.4) is 0 Å². The first-order valence-corrected chi connectivity index (χ1v) is 9.01. The number of aryl methyl sites for hydroxylation is 1. The molecular formula is C20H21N3O4. The lowest BCUT2D eigenvalue weighted by Crippen LogP contribution is -2.28. The van der Waals surface area contributed by atoms with Gasteiger partial charge in [0, 0.05) is 25.4 Å². The molecular weight excluding hydrogens is 346 g/mol. The van der Waals surface area contributed by atoms with E-state index in [1.165, 1.54) is 0 Å². The van der Waals surface area contributed by atoms with Crippen LogP contribution in [0.25, 0.3) is 11.7 Å². The molecule has 2 aromatic heterocycles. The lowest BCUT2D eigenvalue weighted by Gasteiger charge is -2.16. The number of methoxy groups -OCH3 is 1. The normalized spacial score (nSPS) is 16.6. The van der Waals surface area contributed by atoms with Gasteiger partial charge in [-0.2, -0.15) is 4.98 Å². The van der Waals surface area contributed by atoms with Crippen molar-refractivity contribution in [2.45, 2.75) is 25.2 Å². The van der Waals surface area contributed by atoms with E-state index in [1.54, 1.807) is 25.5 Å². The van der Waals surface area contributed by atoms with Gasteiger partial charge in [0.2, 0.25) is 5.91 Å². The second kappa shape index (κ2) is 7.65. The van der Waals surface area contributed by atoms with E-state index >= 15 is 0 Å². The quantitative estimate of drug-likeness (QED) is 0.665. The predicted octanol–water partition coefficient (Wildman–Crippen LogP) is 3.29. The van der Waals surface area contributed by atoms with Gasteiger partial charge in [-0.3, -0.25) is 4.79 Å². The van der Waals surface area contributed by atoms with Gasteiger partial charge in [0.15, 0.2) is 11.6 Å². The predicted molar refractivity (Wildman–Crippen MR) is 97.3 cm³/mol. The molecule has 3 aromatic rings. The van der Waals surface area contributed by atoms with Crippen LogP contribution in [-0.2, 0) is 11.2 Å². The molecule has 27 heavy (non-hydrogen) atoms. The number of hydrogen-bond acceptors (Lipinski definition) is 6. The average molecular weight is 367 g/mol. The minimum Gasteiger partial charge on any atom is -0.497 e. The third-order valence-corrected chi connectivity index (χ3v) is 4.84. The van der Waals surface area contributed by atoms with Gasteiger partial charge < -0.3 is 18.6 Å². The fourth-order valence-corrected chi connectivity index (χ4v) is 3.34. The molecule has 0 unspecified atom stereocenters. The van der Waals surface area contributed by atoms with Crippen LogP contribution in [0, 0.1) is 0 Å². The number of rotatable bonds is 6. The SMILES string of the molecule is COc1cccc(CCC(=O)N2CC[C@H](c3noc(-c4ccco4)n3)C2)c1. The third kappa shape index (κ3) is 3.86. The maximum Gasteiger partial charge on any atom is 0.293 e. The van der Waals surface area contributed by atoms with Gasteiger partial charge in [0.25, 0.3) is 5.89 Å². The molecule has 1 amide bonds. The summed E-state index contributed by atoms with van der Waals surface area (Å²) in [6, 6.07) is 11.4. The maximum absolute atomic E-state index is 12.6. The van der Waals surface area contributed by atoms with Crippen molar-refractivity contribution in [2.24, 2.45) is 0 Å². The summed E-state index contributed by atoms with van der Waals surface area (Å²) in [5.41, 5.74) is 1.10. The van der Waals surface area contributed by atoms with Crippen molar-refractivity contribution in [3.8, 4) is 17.4 Å². The molecule has 4 rings (SSSR count). The third-order valence-electron chi connectivity index (χ3n) is 4.84. The fourth-order valence-electron chi connectivity index (χ4n) is 3.34. The number of likely N-dealkylation sites (tertiary alicyclic amines) is 1. The molecule has 1 saturated heterocycles. The van der Waals surface area contributed by atoms with E-state index in [9.17, 15) is 4.79 Å². The fraction of sp³-hybridized carbons (Fsp3) is 0.350. The molecule has 7 nitrogen and oxygen atoms in total. The van der Waals surface area contributed by atoms with Gasteiger partial charge in [-0.15, -0.1) is 0 Å². The number of furan rings is 1. The van der Waals surface area contributed by atoms with Gasteiger partial charge in [-0.25, -0.2) is 0 Å². The molecule has 1 aliphatic rings.